The fourth-order valence-electron chi connectivity index (χ4n) is 4.11. The summed E-state index contributed by atoms with van der Waals surface area (Å²) in [6.07, 6.45) is 4.86. The summed E-state index contributed by atoms with van der Waals surface area (Å²) in [6, 6.07) is 6.75. The van der Waals surface area contributed by atoms with E-state index in [-0.39, 0.29) is 5.54 Å². The molecular formula is C16H21Cl2NO. The van der Waals surface area contributed by atoms with E-state index in [1.165, 1.54) is 24.8 Å². The molecule has 1 unspecified atom stereocenters. The van der Waals surface area contributed by atoms with Crippen LogP contribution in [0, 0.1) is 0 Å². The van der Waals surface area contributed by atoms with Crippen LogP contribution in [0.3, 0.4) is 0 Å². The van der Waals surface area contributed by atoms with Crippen molar-refractivity contribution in [2.75, 3.05) is 20.8 Å². The molecule has 110 valence electrons. The predicted molar refractivity (Wildman–Crippen MR) is 83.8 cm³/mol. The summed E-state index contributed by atoms with van der Waals surface area (Å²) in [6.45, 7) is 0.817. The first-order valence-electron chi connectivity index (χ1n) is 7.22. The van der Waals surface area contributed by atoms with Crippen molar-refractivity contribution in [2.24, 2.45) is 0 Å². The maximum atomic E-state index is 6.18. The molecule has 0 spiro atoms. The van der Waals surface area contributed by atoms with Gasteiger partial charge in [0.1, 0.15) is 0 Å². The Morgan fingerprint density at radius 1 is 1.35 bits per heavy atom. The van der Waals surface area contributed by atoms with E-state index in [9.17, 15) is 0 Å². The third-order valence-corrected chi connectivity index (χ3v) is 5.99. The zero-order valence-corrected chi connectivity index (χ0v) is 13.5. The quantitative estimate of drug-likeness (QED) is 0.822. The molecule has 0 radical (unpaired) electrons. The van der Waals surface area contributed by atoms with Crippen molar-refractivity contribution in [1.29, 1.82) is 0 Å². The number of methoxy groups -OCH3 is 1. The molecule has 2 saturated heterocycles. The molecule has 4 heteroatoms. The highest BCUT2D eigenvalue weighted by Gasteiger charge is 2.50. The minimum Gasteiger partial charge on any atom is -0.383 e. The van der Waals surface area contributed by atoms with Crippen molar-refractivity contribution in [1.82, 2.24) is 4.90 Å². The smallest absolute Gasteiger partial charge is 0.0646 e. The molecule has 2 aliphatic heterocycles. The highest BCUT2D eigenvalue weighted by molar-refractivity contribution is 6.42. The number of benzene rings is 1. The van der Waals surface area contributed by atoms with Gasteiger partial charge in [-0.1, -0.05) is 29.3 Å². The van der Waals surface area contributed by atoms with Crippen molar-refractivity contribution < 1.29 is 4.74 Å². The molecule has 3 rings (SSSR count). The number of ether oxygens (including phenoxy) is 1. The van der Waals surface area contributed by atoms with Gasteiger partial charge in [0.15, 0.2) is 0 Å². The summed E-state index contributed by atoms with van der Waals surface area (Å²) in [5.74, 6) is 0.559. The molecule has 3 atom stereocenters. The average molecular weight is 314 g/mol. The standard InChI is InChI=1S/C16H21Cl2NO/c1-19-13-5-6-16(19,10-20-2)9-12(7-13)11-3-4-14(17)15(18)8-11/h3-4,8,12-13H,5-7,9-10H2,1-2H3/t12?,13-,16+/m0/s1. The minimum absolute atomic E-state index is 0.203. The van der Waals surface area contributed by atoms with Gasteiger partial charge < -0.3 is 4.74 Å². The SMILES string of the molecule is COC[C@@]12CC[C@@H](CC(c3ccc(Cl)c(Cl)c3)C1)N2C. The molecule has 20 heavy (non-hydrogen) atoms. The number of likely N-dealkylation sites (N-methyl/N-ethyl adjacent to an activating group) is 1. The highest BCUT2D eigenvalue weighted by Crippen LogP contribution is 2.49. The Labute approximate surface area is 131 Å². The molecule has 1 aromatic rings. The molecule has 2 bridgehead atoms. The van der Waals surface area contributed by atoms with Crippen molar-refractivity contribution in [3.8, 4) is 0 Å². The molecule has 2 heterocycles. The van der Waals surface area contributed by atoms with Crippen molar-refractivity contribution in [3.05, 3.63) is 33.8 Å². The van der Waals surface area contributed by atoms with Gasteiger partial charge in [-0.25, -0.2) is 0 Å². The molecule has 0 aromatic heterocycles. The number of halogens is 2. The second-order valence-electron chi connectivity index (χ2n) is 6.27. The second-order valence-corrected chi connectivity index (χ2v) is 7.09. The van der Waals surface area contributed by atoms with Gasteiger partial charge in [-0.15, -0.1) is 0 Å². The van der Waals surface area contributed by atoms with Gasteiger partial charge in [0.25, 0.3) is 0 Å². The summed E-state index contributed by atoms with van der Waals surface area (Å²) in [5, 5.41) is 1.30. The van der Waals surface area contributed by atoms with Crippen molar-refractivity contribution >= 4 is 23.2 Å². The van der Waals surface area contributed by atoms with Gasteiger partial charge in [-0.3, -0.25) is 4.90 Å². The molecule has 0 amide bonds. The first kappa shape index (κ1) is 14.6. The van der Waals surface area contributed by atoms with Crippen LogP contribution >= 0.6 is 23.2 Å². The number of hydrogen-bond donors (Lipinski definition) is 0. The molecule has 0 N–H and O–H groups in total. The van der Waals surface area contributed by atoms with E-state index in [0.29, 0.717) is 22.0 Å². The largest absolute Gasteiger partial charge is 0.383 e. The lowest BCUT2D eigenvalue weighted by molar-refractivity contribution is 0.00202. The molecular weight excluding hydrogens is 293 g/mol. The Morgan fingerprint density at radius 3 is 2.85 bits per heavy atom. The number of piperidine rings is 1. The van der Waals surface area contributed by atoms with Crippen LogP contribution in [-0.2, 0) is 4.74 Å². The van der Waals surface area contributed by atoms with E-state index in [2.05, 4.69) is 18.0 Å². The lowest BCUT2D eigenvalue weighted by Crippen LogP contribution is -2.52. The lowest BCUT2D eigenvalue weighted by atomic mass is 9.79. The van der Waals surface area contributed by atoms with Crippen molar-refractivity contribution in [2.45, 2.75) is 43.2 Å². The Balaban J connectivity index is 1.87. The Kier molecular flexibility index (Phi) is 4.02. The highest BCUT2D eigenvalue weighted by atomic mass is 35.5. The van der Waals surface area contributed by atoms with Crippen LogP contribution in [0.5, 0.6) is 0 Å². The van der Waals surface area contributed by atoms with E-state index in [0.717, 1.165) is 13.0 Å². The van der Waals surface area contributed by atoms with Crippen LogP contribution in [0.1, 0.15) is 37.2 Å². The van der Waals surface area contributed by atoms with Crippen LogP contribution in [-0.4, -0.2) is 37.2 Å². The summed E-state index contributed by atoms with van der Waals surface area (Å²) >= 11 is 12.2. The van der Waals surface area contributed by atoms with Gasteiger partial charge in [-0.2, -0.15) is 0 Å². The maximum Gasteiger partial charge on any atom is 0.0646 e. The summed E-state index contributed by atoms with van der Waals surface area (Å²) < 4.78 is 5.51. The normalized spacial score (nSPS) is 33.6. The zero-order chi connectivity index (χ0) is 14.3. The van der Waals surface area contributed by atoms with Crippen LogP contribution in [0.25, 0.3) is 0 Å². The number of hydrogen-bond acceptors (Lipinski definition) is 2. The van der Waals surface area contributed by atoms with Crippen LogP contribution in [0.2, 0.25) is 10.0 Å². The summed E-state index contributed by atoms with van der Waals surface area (Å²) in [7, 11) is 4.06. The predicted octanol–water partition coefficient (Wildman–Crippen LogP) is 4.35. The summed E-state index contributed by atoms with van der Waals surface area (Å²) in [4.78, 5) is 2.55. The lowest BCUT2D eigenvalue weighted by Gasteiger charge is -2.45. The fraction of sp³-hybridized carbons (Fsp3) is 0.625. The molecule has 2 aliphatic rings. The molecule has 0 saturated carbocycles. The van der Waals surface area contributed by atoms with Gasteiger partial charge in [-0.05, 0) is 56.3 Å². The number of fused-ring (bicyclic) bond motifs is 2. The van der Waals surface area contributed by atoms with E-state index in [1.54, 1.807) is 7.11 Å². The monoisotopic (exact) mass is 313 g/mol. The zero-order valence-electron chi connectivity index (χ0n) is 12.0. The molecule has 0 aliphatic carbocycles. The van der Waals surface area contributed by atoms with Gasteiger partial charge >= 0.3 is 0 Å². The van der Waals surface area contributed by atoms with Crippen LogP contribution in [0.4, 0.5) is 0 Å². The minimum atomic E-state index is 0.203. The Bertz CT molecular complexity index is 503. The van der Waals surface area contributed by atoms with E-state index >= 15 is 0 Å². The summed E-state index contributed by atoms with van der Waals surface area (Å²) in [5.41, 5.74) is 1.52. The van der Waals surface area contributed by atoms with E-state index < -0.39 is 0 Å². The van der Waals surface area contributed by atoms with Gasteiger partial charge in [0.05, 0.1) is 16.7 Å². The second kappa shape index (κ2) is 5.49. The maximum absolute atomic E-state index is 6.18. The van der Waals surface area contributed by atoms with Crippen molar-refractivity contribution in [3.63, 3.8) is 0 Å². The van der Waals surface area contributed by atoms with E-state index in [1.807, 2.05) is 12.1 Å². The Morgan fingerprint density at radius 2 is 2.15 bits per heavy atom. The van der Waals surface area contributed by atoms with Crippen LogP contribution in [0.15, 0.2) is 18.2 Å². The first-order chi connectivity index (χ1) is 9.55. The third kappa shape index (κ3) is 2.37. The molecule has 2 nitrogen and oxygen atoms in total. The van der Waals surface area contributed by atoms with E-state index in [4.69, 9.17) is 27.9 Å². The topological polar surface area (TPSA) is 12.5 Å². The van der Waals surface area contributed by atoms with Crippen LogP contribution < -0.4 is 0 Å². The Hall–Kier alpha value is -0.280. The fourth-order valence-corrected chi connectivity index (χ4v) is 4.41. The number of rotatable bonds is 3. The van der Waals surface area contributed by atoms with Gasteiger partial charge in [0, 0.05) is 18.7 Å². The molecule has 2 fully saturated rings. The average Bonchev–Trinajstić information content (AvgIpc) is 2.63. The molecule has 1 aromatic carbocycles. The number of nitrogens with zero attached hydrogens (tertiary/aromatic N) is 1. The van der Waals surface area contributed by atoms with Gasteiger partial charge in [0.2, 0.25) is 0 Å². The third-order valence-electron chi connectivity index (χ3n) is 5.25. The first-order valence-corrected chi connectivity index (χ1v) is 7.98.